The highest BCUT2D eigenvalue weighted by Crippen LogP contribution is 2.56. The van der Waals surface area contributed by atoms with Gasteiger partial charge in [-0.15, -0.1) is 0 Å². The Labute approximate surface area is 224 Å². The van der Waals surface area contributed by atoms with Gasteiger partial charge in [-0.25, -0.2) is 4.79 Å². The molecular formula is C28H28N2O9. The quantitative estimate of drug-likeness (QED) is 0.146. The minimum atomic E-state index is -0.967. The molecule has 11 heteroatoms. The van der Waals surface area contributed by atoms with Crippen molar-refractivity contribution < 1.29 is 38.0 Å². The van der Waals surface area contributed by atoms with Crippen molar-refractivity contribution in [3.05, 3.63) is 69.9 Å². The predicted octanol–water partition coefficient (Wildman–Crippen LogP) is 5.63. The molecule has 4 unspecified atom stereocenters. The first-order valence-electron chi connectivity index (χ1n) is 12.8. The van der Waals surface area contributed by atoms with E-state index in [9.17, 15) is 19.7 Å². The summed E-state index contributed by atoms with van der Waals surface area (Å²) in [6, 6.07) is 12.4. The highest BCUT2D eigenvalue weighted by atomic mass is 16.7. The molecule has 2 saturated carbocycles. The van der Waals surface area contributed by atoms with Crippen molar-refractivity contribution in [3.8, 4) is 22.8 Å². The Bertz CT molecular complexity index is 1350. The van der Waals surface area contributed by atoms with E-state index in [0.29, 0.717) is 35.3 Å². The zero-order valence-corrected chi connectivity index (χ0v) is 21.5. The van der Waals surface area contributed by atoms with Crippen LogP contribution in [0.15, 0.2) is 53.1 Å². The molecule has 0 bridgehead atoms. The van der Waals surface area contributed by atoms with Crippen LogP contribution in [-0.2, 0) is 20.9 Å². The number of esters is 1. The summed E-state index contributed by atoms with van der Waals surface area (Å²) in [5, 5.41) is 14.8. The lowest BCUT2D eigenvalue weighted by molar-refractivity contribution is -0.384. The summed E-state index contributed by atoms with van der Waals surface area (Å²) in [7, 11) is 0. The van der Waals surface area contributed by atoms with Gasteiger partial charge in [0.25, 0.3) is 5.69 Å². The standard InChI is InChI=1S/C28H28N2O9/c1-3-35-27(31)25-21-5-4-6-23(24(21)25)37-19-11-7-17(8-12-19)26-22(16(2)29-39-26)15-36-28(32)38-20-13-9-18(10-14-20)30(33)34/h7-14,21,23-25H,3-6,15H2,1-2H3. The van der Waals surface area contributed by atoms with Crippen LogP contribution in [0.5, 0.6) is 11.5 Å². The SMILES string of the molecule is CCOC(=O)C1C2CCCC(Oc3ccc(-c4onc(C)c4COC(=O)Oc4ccc([N+](=O)[O-])cc4)cc3)C21. The Hall–Kier alpha value is -4.41. The molecule has 0 radical (unpaired) electrons. The van der Waals surface area contributed by atoms with E-state index in [1.165, 1.54) is 24.3 Å². The van der Waals surface area contributed by atoms with Gasteiger partial charge in [0.2, 0.25) is 0 Å². The molecule has 2 fully saturated rings. The molecule has 2 aliphatic rings. The number of carbonyl (C=O) groups excluding carboxylic acids is 2. The zero-order chi connectivity index (χ0) is 27.5. The highest BCUT2D eigenvalue weighted by molar-refractivity contribution is 5.77. The van der Waals surface area contributed by atoms with Crippen molar-refractivity contribution >= 4 is 17.8 Å². The molecule has 4 atom stereocenters. The maximum Gasteiger partial charge on any atom is 0.514 e. The molecule has 39 heavy (non-hydrogen) atoms. The highest BCUT2D eigenvalue weighted by Gasteiger charge is 2.61. The number of non-ortho nitro benzene ring substituents is 1. The third-order valence-corrected chi connectivity index (χ3v) is 7.22. The fourth-order valence-corrected chi connectivity index (χ4v) is 5.27. The molecule has 2 aliphatic carbocycles. The number of aryl methyl sites for hydroxylation is 1. The van der Waals surface area contributed by atoms with E-state index in [2.05, 4.69) is 5.16 Å². The van der Waals surface area contributed by atoms with E-state index in [-0.39, 0.29) is 42.0 Å². The average Bonchev–Trinajstić information content (AvgIpc) is 3.56. The second-order valence-corrected chi connectivity index (χ2v) is 9.60. The minimum Gasteiger partial charge on any atom is -0.490 e. The molecule has 11 nitrogen and oxygen atoms in total. The van der Waals surface area contributed by atoms with Gasteiger partial charge in [-0.1, -0.05) is 5.16 Å². The van der Waals surface area contributed by atoms with E-state index in [0.717, 1.165) is 24.8 Å². The van der Waals surface area contributed by atoms with Crippen LogP contribution in [0.3, 0.4) is 0 Å². The first-order chi connectivity index (χ1) is 18.9. The van der Waals surface area contributed by atoms with Crippen LogP contribution in [0.25, 0.3) is 11.3 Å². The molecule has 1 aromatic heterocycles. The maximum atomic E-state index is 12.3. The van der Waals surface area contributed by atoms with Gasteiger partial charge in [0.1, 0.15) is 24.2 Å². The Morgan fingerprint density at radius 3 is 2.46 bits per heavy atom. The molecule has 0 aliphatic heterocycles. The number of benzene rings is 2. The topological polar surface area (TPSA) is 140 Å². The molecule has 0 saturated heterocycles. The van der Waals surface area contributed by atoms with Crippen molar-refractivity contribution in [3.63, 3.8) is 0 Å². The average molecular weight is 537 g/mol. The van der Waals surface area contributed by atoms with E-state index >= 15 is 0 Å². The van der Waals surface area contributed by atoms with Crippen molar-refractivity contribution in [1.29, 1.82) is 0 Å². The fraction of sp³-hybridized carbons (Fsp3) is 0.393. The second kappa shape index (κ2) is 11.1. The molecule has 5 rings (SSSR count). The van der Waals surface area contributed by atoms with Crippen LogP contribution in [0, 0.1) is 34.8 Å². The van der Waals surface area contributed by atoms with E-state index in [1.807, 2.05) is 31.2 Å². The van der Waals surface area contributed by atoms with Crippen molar-refractivity contribution in [2.75, 3.05) is 6.61 Å². The molecule has 2 aromatic carbocycles. The lowest BCUT2D eigenvalue weighted by Gasteiger charge is -2.22. The largest absolute Gasteiger partial charge is 0.514 e. The molecule has 0 spiro atoms. The number of hydrogen-bond acceptors (Lipinski definition) is 10. The summed E-state index contributed by atoms with van der Waals surface area (Å²) in [6.07, 6.45) is 1.96. The fourth-order valence-electron chi connectivity index (χ4n) is 5.27. The van der Waals surface area contributed by atoms with Crippen molar-refractivity contribution in [2.45, 2.75) is 45.8 Å². The number of fused-ring (bicyclic) bond motifs is 1. The van der Waals surface area contributed by atoms with Gasteiger partial charge in [-0.05, 0) is 75.4 Å². The summed E-state index contributed by atoms with van der Waals surface area (Å²) in [5.41, 5.74) is 1.74. The Kier molecular flexibility index (Phi) is 7.49. The van der Waals surface area contributed by atoms with Gasteiger partial charge in [-0.3, -0.25) is 14.9 Å². The summed E-state index contributed by atoms with van der Waals surface area (Å²) >= 11 is 0. The van der Waals surface area contributed by atoms with E-state index < -0.39 is 11.1 Å². The number of rotatable bonds is 9. The molecular weight excluding hydrogens is 508 g/mol. The third-order valence-electron chi connectivity index (χ3n) is 7.22. The number of ether oxygens (including phenoxy) is 4. The summed E-state index contributed by atoms with van der Waals surface area (Å²) in [5.74, 6) is 1.61. The van der Waals surface area contributed by atoms with Gasteiger partial charge < -0.3 is 23.5 Å². The van der Waals surface area contributed by atoms with Gasteiger partial charge in [0.15, 0.2) is 5.76 Å². The van der Waals surface area contributed by atoms with Crippen LogP contribution in [-0.4, -0.2) is 34.9 Å². The second-order valence-electron chi connectivity index (χ2n) is 9.60. The number of nitro groups is 1. The summed E-state index contributed by atoms with van der Waals surface area (Å²) in [6.45, 7) is 3.80. The number of hydrogen-bond donors (Lipinski definition) is 0. The van der Waals surface area contributed by atoms with Crippen LogP contribution in [0.4, 0.5) is 10.5 Å². The molecule has 3 aromatic rings. The normalized spacial score (nSPS) is 21.4. The number of aromatic nitrogens is 1. The van der Waals surface area contributed by atoms with Crippen LogP contribution in [0.1, 0.15) is 37.4 Å². The van der Waals surface area contributed by atoms with Gasteiger partial charge in [0, 0.05) is 23.6 Å². The Balaban J connectivity index is 1.19. The molecule has 0 N–H and O–H groups in total. The first kappa shape index (κ1) is 26.2. The molecule has 0 amide bonds. The van der Waals surface area contributed by atoms with E-state index in [4.69, 9.17) is 23.5 Å². The minimum absolute atomic E-state index is 0.0257. The smallest absolute Gasteiger partial charge is 0.490 e. The van der Waals surface area contributed by atoms with E-state index in [1.54, 1.807) is 6.92 Å². The van der Waals surface area contributed by atoms with Gasteiger partial charge in [-0.2, -0.15) is 0 Å². The molecule has 1 heterocycles. The maximum absolute atomic E-state index is 12.3. The Morgan fingerprint density at radius 1 is 1.05 bits per heavy atom. The Morgan fingerprint density at radius 2 is 1.77 bits per heavy atom. The lowest BCUT2D eigenvalue weighted by atomic mass is 9.98. The summed E-state index contributed by atoms with van der Waals surface area (Å²) < 4.78 is 27.3. The third kappa shape index (κ3) is 5.71. The predicted molar refractivity (Wildman–Crippen MR) is 136 cm³/mol. The van der Waals surface area contributed by atoms with Crippen molar-refractivity contribution in [2.24, 2.45) is 17.8 Å². The van der Waals surface area contributed by atoms with Gasteiger partial charge in [0.05, 0.1) is 28.7 Å². The number of nitrogens with zero attached hydrogens (tertiary/aromatic N) is 2. The van der Waals surface area contributed by atoms with Crippen molar-refractivity contribution in [1.82, 2.24) is 5.16 Å². The first-order valence-corrected chi connectivity index (χ1v) is 12.8. The zero-order valence-electron chi connectivity index (χ0n) is 21.5. The van der Waals surface area contributed by atoms with Crippen LogP contribution in [0.2, 0.25) is 0 Å². The lowest BCUT2D eigenvalue weighted by Crippen LogP contribution is -2.24. The van der Waals surface area contributed by atoms with Gasteiger partial charge >= 0.3 is 12.1 Å². The molecule has 204 valence electrons. The van der Waals surface area contributed by atoms with Crippen LogP contribution < -0.4 is 9.47 Å². The summed E-state index contributed by atoms with van der Waals surface area (Å²) in [4.78, 5) is 34.7. The van der Waals surface area contributed by atoms with Crippen LogP contribution >= 0.6 is 0 Å². The monoisotopic (exact) mass is 536 g/mol. The number of carbonyl (C=O) groups is 2. The number of nitro benzene ring substituents is 1.